The lowest BCUT2D eigenvalue weighted by atomic mass is 10.0. The molecule has 4 aromatic rings. The Bertz CT molecular complexity index is 1660. The fraction of sp³-hybridized carbons (Fsp3) is 0.372. The molecule has 51 heavy (non-hydrogen) atoms. The van der Waals surface area contributed by atoms with Gasteiger partial charge in [0.2, 0.25) is 0 Å². The van der Waals surface area contributed by atoms with E-state index in [-0.39, 0.29) is 29.5 Å². The fourth-order valence-corrected chi connectivity index (χ4v) is 5.62. The second-order valence-electron chi connectivity index (χ2n) is 12.9. The van der Waals surface area contributed by atoms with Crippen LogP contribution in [0.5, 0.6) is 11.5 Å². The molecule has 0 N–H and O–H groups in total. The summed E-state index contributed by atoms with van der Waals surface area (Å²) in [5.74, 6) is -2.53. The number of hydrogen-bond acceptors (Lipinski definition) is 4. The molecule has 0 atom stereocenters. The minimum Gasteiger partial charge on any atom is -0.488 e. The Kier molecular flexibility index (Phi) is 15.1. The van der Waals surface area contributed by atoms with Gasteiger partial charge in [-0.15, -0.1) is 0 Å². The van der Waals surface area contributed by atoms with Gasteiger partial charge in [-0.3, -0.25) is 0 Å². The van der Waals surface area contributed by atoms with Crippen LogP contribution in [0.2, 0.25) is 0 Å². The van der Waals surface area contributed by atoms with Crippen molar-refractivity contribution in [3.05, 3.63) is 120 Å². The van der Waals surface area contributed by atoms with Crippen LogP contribution in [0.25, 0.3) is 22.3 Å². The van der Waals surface area contributed by atoms with Crippen molar-refractivity contribution in [2.75, 3.05) is 13.2 Å². The number of esters is 1. The molecule has 0 saturated carbocycles. The van der Waals surface area contributed by atoms with Gasteiger partial charge < -0.3 is 14.2 Å². The number of unbranched alkanes of at least 4 members (excludes halogenated alkanes) is 8. The average Bonchev–Trinajstić information content (AvgIpc) is 3.12. The first-order valence-electron chi connectivity index (χ1n) is 17.9. The maximum atomic E-state index is 15.1. The molecule has 0 bridgehead atoms. The maximum Gasteiger partial charge on any atom is 0.426 e. The third-order valence-corrected chi connectivity index (χ3v) is 8.63. The van der Waals surface area contributed by atoms with Crippen molar-refractivity contribution in [1.29, 1.82) is 0 Å². The lowest BCUT2D eigenvalue weighted by Crippen LogP contribution is -2.21. The maximum absolute atomic E-state index is 15.1. The van der Waals surface area contributed by atoms with E-state index >= 15 is 8.78 Å². The van der Waals surface area contributed by atoms with E-state index in [2.05, 4.69) is 25.6 Å². The molecule has 0 aromatic heterocycles. The predicted octanol–water partition coefficient (Wildman–Crippen LogP) is 12.4. The van der Waals surface area contributed by atoms with Crippen molar-refractivity contribution in [3.8, 4) is 33.8 Å². The molecule has 0 spiro atoms. The topological polar surface area (TPSA) is 44.8 Å². The summed E-state index contributed by atoms with van der Waals surface area (Å²) in [6.07, 6.45) is 7.18. The summed E-state index contributed by atoms with van der Waals surface area (Å²) in [5.41, 5.74) is 3.82. The third-order valence-electron chi connectivity index (χ3n) is 8.63. The van der Waals surface area contributed by atoms with Crippen LogP contribution < -0.4 is 9.47 Å². The van der Waals surface area contributed by atoms with E-state index in [0.29, 0.717) is 24.2 Å². The van der Waals surface area contributed by atoms with Crippen molar-refractivity contribution in [2.24, 2.45) is 0 Å². The molecule has 0 amide bonds. The summed E-state index contributed by atoms with van der Waals surface area (Å²) in [6, 6.07) is 22.1. The molecule has 272 valence electrons. The Hall–Kier alpha value is -4.59. The van der Waals surface area contributed by atoms with Crippen molar-refractivity contribution < 1.29 is 36.6 Å². The first kappa shape index (κ1) is 39.2. The molecule has 0 fully saturated rings. The van der Waals surface area contributed by atoms with E-state index in [1.807, 2.05) is 12.1 Å². The second-order valence-corrected chi connectivity index (χ2v) is 12.9. The van der Waals surface area contributed by atoms with Crippen molar-refractivity contribution >= 4 is 5.97 Å². The normalized spacial score (nSPS) is 11.3. The number of aryl methyl sites for hydroxylation is 1. The number of hydrogen-bond donors (Lipinski definition) is 0. The van der Waals surface area contributed by atoms with Crippen LogP contribution in [0.4, 0.5) is 17.6 Å². The van der Waals surface area contributed by atoms with Gasteiger partial charge in [-0.05, 0) is 96.8 Å². The van der Waals surface area contributed by atoms with Gasteiger partial charge in [0, 0.05) is 5.57 Å². The highest BCUT2D eigenvalue weighted by Gasteiger charge is 2.34. The summed E-state index contributed by atoms with van der Waals surface area (Å²) in [5, 5.41) is 0. The Morgan fingerprint density at radius 2 is 1.16 bits per heavy atom. The predicted molar refractivity (Wildman–Crippen MR) is 195 cm³/mol. The van der Waals surface area contributed by atoms with Gasteiger partial charge in [0.05, 0.1) is 18.8 Å². The number of alkyl halides is 2. The van der Waals surface area contributed by atoms with E-state index in [0.717, 1.165) is 75.3 Å². The van der Waals surface area contributed by atoms with E-state index in [9.17, 15) is 13.6 Å². The summed E-state index contributed by atoms with van der Waals surface area (Å²) >= 11 is 0. The van der Waals surface area contributed by atoms with E-state index < -0.39 is 23.5 Å². The average molecular weight is 705 g/mol. The molecular weight excluding hydrogens is 656 g/mol. The number of carbonyl (C=O) groups is 1. The number of rotatable bonds is 21. The summed E-state index contributed by atoms with van der Waals surface area (Å²) < 4.78 is 75.4. The highest BCUT2D eigenvalue weighted by atomic mass is 19.3. The van der Waals surface area contributed by atoms with Crippen molar-refractivity contribution in [3.63, 3.8) is 0 Å². The standard InChI is InChI=1S/C43H48F4O4/c1-4-5-14-32-15-17-33(18-16-32)34-19-23-37(24-20-34)43(46,47)51-38-25-21-35(22-26-38)36-29-39(44)41(40(45)30-36)49-27-12-10-8-6-7-9-11-13-28-50-42(48)31(2)3/h15-26,29-30H,2,4-14,27-28H2,1,3H3. The molecule has 8 heteroatoms. The fourth-order valence-electron chi connectivity index (χ4n) is 5.62. The second kappa shape index (κ2) is 19.7. The van der Waals surface area contributed by atoms with Gasteiger partial charge in [-0.2, -0.15) is 8.78 Å². The highest BCUT2D eigenvalue weighted by molar-refractivity contribution is 5.86. The Morgan fingerprint density at radius 1 is 0.667 bits per heavy atom. The largest absolute Gasteiger partial charge is 0.488 e. The van der Waals surface area contributed by atoms with Crippen LogP contribution in [0.15, 0.2) is 97.1 Å². The molecule has 0 saturated heterocycles. The molecule has 0 aliphatic rings. The van der Waals surface area contributed by atoms with Crippen LogP contribution in [0, 0.1) is 11.6 Å². The molecule has 0 radical (unpaired) electrons. The zero-order chi connectivity index (χ0) is 36.6. The lowest BCUT2D eigenvalue weighted by Gasteiger charge is -2.19. The first-order valence-corrected chi connectivity index (χ1v) is 17.9. The summed E-state index contributed by atoms with van der Waals surface area (Å²) in [6.45, 7) is 7.93. The van der Waals surface area contributed by atoms with Crippen LogP contribution in [0.3, 0.4) is 0 Å². The quantitative estimate of drug-likeness (QED) is 0.0375. The molecule has 4 aromatic carbocycles. The summed E-state index contributed by atoms with van der Waals surface area (Å²) in [4.78, 5) is 11.3. The third kappa shape index (κ3) is 12.3. The van der Waals surface area contributed by atoms with E-state index in [1.54, 1.807) is 19.1 Å². The molecular formula is C43H48F4O4. The molecule has 0 aliphatic carbocycles. The van der Waals surface area contributed by atoms with Gasteiger partial charge >= 0.3 is 12.1 Å². The minimum absolute atomic E-state index is 0.0852. The monoisotopic (exact) mass is 704 g/mol. The number of carbonyl (C=O) groups excluding carboxylic acids is 1. The van der Waals surface area contributed by atoms with Gasteiger partial charge in [-0.1, -0.05) is 107 Å². The van der Waals surface area contributed by atoms with Crippen LogP contribution in [-0.2, 0) is 22.1 Å². The Labute approximate surface area is 299 Å². The minimum atomic E-state index is -3.59. The van der Waals surface area contributed by atoms with Gasteiger partial charge in [0.15, 0.2) is 17.4 Å². The highest BCUT2D eigenvalue weighted by Crippen LogP contribution is 2.35. The van der Waals surface area contributed by atoms with E-state index in [4.69, 9.17) is 14.2 Å². The zero-order valence-corrected chi connectivity index (χ0v) is 29.6. The van der Waals surface area contributed by atoms with Crippen LogP contribution >= 0.6 is 0 Å². The number of ether oxygens (including phenoxy) is 3. The first-order chi connectivity index (χ1) is 24.6. The van der Waals surface area contributed by atoms with Gasteiger partial charge in [0.25, 0.3) is 0 Å². The number of benzene rings is 4. The molecule has 0 aliphatic heterocycles. The number of halogens is 4. The molecule has 4 nitrogen and oxygen atoms in total. The SMILES string of the molecule is C=C(C)C(=O)OCCCCCCCCCCOc1c(F)cc(-c2ccc(OC(F)(F)c3ccc(-c4ccc(CCCC)cc4)cc3)cc2)cc1F. The van der Waals surface area contributed by atoms with Gasteiger partial charge in [0.1, 0.15) is 5.75 Å². The van der Waals surface area contributed by atoms with Crippen LogP contribution in [-0.4, -0.2) is 19.2 Å². The van der Waals surface area contributed by atoms with Crippen molar-refractivity contribution in [2.45, 2.75) is 90.6 Å². The smallest absolute Gasteiger partial charge is 0.426 e. The molecule has 0 unspecified atom stereocenters. The van der Waals surface area contributed by atoms with E-state index in [1.165, 1.54) is 54.1 Å². The Balaban J connectivity index is 1.20. The lowest BCUT2D eigenvalue weighted by molar-refractivity contribution is -0.185. The Morgan fingerprint density at radius 3 is 1.71 bits per heavy atom. The zero-order valence-electron chi connectivity index (χ0n) is 29.6. The molecule has 4 rings (SSSR count). The van der Waals surface area contributed by atoms with Crippen LogP contribution in [0.1, 0.15) is 89.2 Å². The van der Waals surface area contributed by atoms with Crippen molar-refractivity contribution in [1.82, 2.24) is 0 Å². The van der Waals surface area contributed by atoms with Gasteiger partial charge in [-0.25, -0.2) is 13.6 Å². The molecule has 0 heterocycles. The summed E-state index contributed by atoms with van der Waals surface area (Å²) in [7, 11) is 0.